The Labute approximate surface area is 113 Å². The quantitative estimate of drug-likeness (QED) is 0.836. The lowest BCUT2D eigenvalue weighted by molar-refractivity contribution is -0.148. The van der Waals surface area contributed by atoms with Crippen LogP contribution in [-0.2, 0) is 9.59 Å². The SMILES string of the molecule is CSCCN1C(=O)CNC(=O)C1C1CCCCC1. The molecular weight excluding hydrogens is 248 g/mol. The maximum Gasteiger partial charge on any atom is 0.243 e. The van der Waals surface area contributed by atoms with E-state index in [0.29, 0.717) is 12.5 Å². The van der Waals surface area contributed by atoms with Crippen LogP contribution in [0, 0.1) is 5.92 Å². The lowest BCUT2D eigenvalue weighted by Crippen LogP contribution is -2.61. The number of rotatable bonds is 4. The van der Waals surface area contributed by atoms with E-state index in [-0.39, 0.29) is 24.4 Å². The van der Waals surface area contributed by atoms with Crippen LogP contribution in [0.3, 0.4) is 0 Å². The van der Waals surface area contributed by atoms with E-state index in [2.05, 4.69) is 5.32 Å². The molecule has 2 fully saturated rings. The summed E-state index contributed by atoms with van der Waals surface area (Å²) in [7, 11) is 0. The maximum absolute atomic E-state index is 12.1. The largest absolute Gasteiger partial charge is 0.345 e. The molecule has 4 nitrogen and oxygen atoms in total. The van der Waals surface area contributed by atoms with Crippen LogP contribution in [0.25, 0.3) is 0 Å². The Morgan fingerprint density at radius 3 is 2.67 bits per heavy atom. The summed E-state index contributed by atoms with van der Waals surface area (Å²) < 4.78 is 0. The predicted octanol–water partition coefficient (Wildman–Crippen LogP) is 1.26. The summed E-state index contributed by atoms with van der Waals surface area (Å²) in [5.41, 5.74) is 0. The van der Waals surface area contributed by atoms with Crippen LogP contribution in [-0.4, -0.2) is 47.9 Å². The number of piperazine rings is 1. The molecule has 5 heteroatoms. The number of hydrogen-bond donors (Lipinski definition) is 1. The second kappa shape index (κ2) is 6.45. The van der Waals surface area contributed by atoms with Crippen molar-refractivity contribution in [1.82, 2.24) is 10.2 Å². The highest BCUT2D eigenvalue weighted by molar-refractivity contribution is 7.98. The second-order valence-corrected chi connectivity index (χ2v) is 6.13. The van der Waals surface area contributed by atoms with Gasteiger partial charge >= 0.3 is 0 Å². The highest BCUT2D eigenvalue weighted by atomic mass is 32.2. The van der Waals surface area contributed by atoms with Crippen LogP contribution in [0.15, 0.2) is 0 Å². The van der Waals surface area contributed by atoms with Crippen LogP contribution < -0.4 is 5.32 Å². The fraction of sp³-hybridized carbons (Fsp3) is 0.846. The van der Waals surface area contributed by atoms with Gasteiger partial charge in [-0.1, -0.05) is 19.3 Å². The highest BCUT2D eigenvalue weighted by Gasteiger charge is 2.39. The standard InChI is InChI=1S/C13H22N2O2S/c1-18-8-7-15-11(16)9-14-13(17)12(15)10-5-3-2-4-6-10/h10,12H,2-9H2,1H3,(H,14,17). The lowest BCUT2D eigenvalue weighted by Gasteiger charge is -2.40. The van der Waals surface area contributed by atoms with Crippen molar-refractivity contribution in [2.75, 3.05) is 25.1 Å². The molecule has 0 bridgehead atoms. The first kappa shape index (κ1) is 13.7. The van der Waals surface area contributed by atoms with E-state index in [0.717, 1.165) is 18.6 Å². The van der Waals surface area contributed by atoms with Gasteiger partial charge in [0.25, 0.3) is 0 Å². The van der Waals surface area contributed by atoms with Crippen molar-refractivity contribution in [2.45, 2.75) is 38.1 Å². The van der Waals surface area contributed by atoms with E-state index in [4.69, 9.17) is 0 Å². The molecule has 2 aliphatic rings. The predicted molar refractivity (Wildman–Crippen MR) is 73.5 cm³/mol. The van der Waals surface area contributed by atoms with Crippen molar-refractivity contribution in [3.63, 3.8) is 0 Å². The third-order valence-corrected chi connectivity index (χ3v) is 4.56. The molecular formula is C13H22N2O2S. The average Bonchev–Trinajstić information content (AvgIpc) is 2.40. The first-order valence-corrected chi connectivity index (χ1v) is 8.19. The van der Waals surface area contributed by atoms with Crippen LogP contribution in [0.4, 0.5) is 0 Å². The zero-order valence-corrected chi connectivity index (χ0v) is 11.8. The van der Waals surface area contributed by atoms with Crippen molar-refractivity contribution in [2.24, 2.45) is 5.92 Å². The van der Waals surface area contributed by atoms with Crippen molar-refractivity contribution >= 4 is 23.6 Å². The van der Waals surface area contributed by atoms with E-state index < -0.39 is 0 Å². The Bertz CT molecular complexity index is 316. The molecule has 2 amide bonds. The van der Waals surface area contributed by atoms with Gasteiger partial charge in [-0.05, 0) is 25.0 Å². The van der Waals surface area contributed by atoms with Gasteiger partial charge < -0.3 is 10.2 Å². The van der Waals surface area contributed by atoms with Gasteiger partial charge in [0.2, 0.25) is 11.8 Å². The van der Waals surface area contributed by atoms with Gasteiger partial charge in [0, 0.05) is 12.3 Å². The molecule has 18 heavy (non-hydrogen) atoms. The third-order valence-electron chi connectivity index (χ3n) is 3.97. The van der Waals surface area contributed by atoms with Crippen LogP contribution >= 0.6 is 11.8 Å². The molecule has 0 aromatic rings. The molecule has 0 spiro atoms. The summed E-state index contributed by atoms with van der Waals surface area (Å²) in [5.74, 6) is 1.41. The van der Waals surface area contributed by atoms with Gasteiger partial charge in [-0.2, -0.15) is 11.8 Å². The summed E-state index contributed by atoms with van der Waals surface area (Å²) >= 11 is 1.72. The number of thioether (sulfide) groups is 1. The lowest BCUT2D eigenvalue weighted by atomic mass is 9.82. The molecule has 0 aromatic carbocycles. The summed E-state index contributed by atoms with van der Waals surface area (Å²) in [6.07, 6.45) is 7.86. The summed E-state index contributed by atoms with van der Waals surface area (Å²) in [6.45, 7) is 0.880. The number of nitrogens with zero attached hydrogens (tertiary/aromatic N) is 1. The Morgan fingerprint density at radius 1 is 1.28 bits per heavy atom. The fourth-order valence-electron chi connectivity index (χ4n) is 3.04. The zero-order chi connectivity index (χ0) is 13.0. The molecule has 1 saturated carbocycles. The van der Waals surface area contributed by atoms with Crippen molar-refractivity contribution in [3.05, 3.63) is 0 Å². The van der Waals surface area contributed by atoms with Crippen LogP contribution in [0.1, 0.15) is 32.1 Å². The van der Waals surface area contributed by atoms with Gasteiger partial charge in [0.05, 0.1) is 6.54 Å². The third kappa shape index (κ3) is 2.99. The second-order valence-electron chi connectivity index (χ2n) is 5.14. The summed E-state index contributed by atoms with van der Waals surface area (Å²) in [4.78, 5) is 25.9. The normalized spacial score (nSPS) is 26.3. The van der Waals surface area contributed by atoms with E-state index >= 15 is 0 Å². The van der Waals surface area contributed by atoms with E-state index in [1.54, 1.807) is 11.8 Å². The topological polar surface area (TPSA) is 49.4 Å². The molecule has 102 valence electrons. The molecule has 1 atom stereocenters. The van der Waals surface area contributed by atoms with Gasteiger partial charge in [-0.25, -0.2) is 0 Å². The molecule has 1 unspecified atom stereocenters. The van der Waals surface area contributed by atoms with Gasteiger partial charge in [0.15, 0.2) is 0 Å². The minimum atomic E-state index is -0.210. The zero-order valence-electron chi connectivity index (χ0n) is 11.0. The number of carbonyl (C=O) groups excluding carboxylic acids is 2. The first-order chi connectivity index (χ1) is 8.74. The summed E-state index contributed by atoms with van der Waals surface area (Å²) in [5, 5.41) is 2.75. The van der Waals surface area contributed by atoms with E-state index in [1.165, 1.54) is 19.3 Å². The Hall–Kier alpha value is -0.710. The average molecular weight is 270 g/mol. The molecule has 1 heterocycles. The molecule has 1 aliphatic heterocycles. The molecule has 1 aliphatic carbocycles. The van der Waals surface area contributed by atoms with E-state index in [9.17, 15) is 9.59 Å². The Kier molecular flexibility index (Phi) is 4.92. The minimum absolute atomic E-state index is 0.0580. The number of hydrogen-bond acceptors (Lipinski definition) is 3. The molecule has 1 saturated heterocycles. The number of nitrogens with one attached hydrogen (secondary N) is 1. The molecule has 2 rings (SSSR count). The monoisotopic (exact) mass is 270 g/mol. The fourth-order valence-corrected chi connectivity index (χ4v) is 3.42. The van der Waals surface area contributed by atoms with Gasteiger partial charge in [-0.3, -0.25) is 9.59 Å². The molecule has 0 aromatic heterocycles. The molecule has 1 N–H and O–H groups in total. The van der Waals surface area contributed by atoms with Crippen molar-refractivity contribution < 1.29 is 9.59 Å². The van der Waals surface area contributed by atoms with Crippen LogP contribution in [0.5, 0.6) is 0 Å². The Balaban J connectivity index is 2.08. The first-order valence-electron chi connectivity index (χ1n) is 6.80. The highest BCUT2D eigenvalue weighted by Crippen LogP contribution is 2.30. The summed E-state index contributed by atoms with van der Waals surface area (Å²) in [6, 6.07) is -0.210. The van der Waals surface area contributed by atoms with Gasteiger partial charge in [-0.15, -0.1) is 0 Å². The Morgan fingerprint density at radius 2 is 2.00 bits per heavy atom. The number of carbonyl (C=O) groups is 2. The van der Waals surface area contributed by atoms with Crippen molar-refractivity contribution in [3.8, 4) is 0 Å². The van der Waals surface area contributed by atoms with Crippen molar-refractivity contribution in [1.29, 1.82) is 0 Å². The minimum Gasteiger partial charge on any atom is -0.345 e. The maximum atomic E-state index is 12.1. The number of amides is 2. The van der Waals surface area contributed by atoms with Gasteiger partial charge in [0.1, 0.15) is 6.04 Å². The smallest absolute Gasteiger partial charge is 0.243 e. The van der Waals surface area contributed by atoms with E-state index in [1.807, 2.05) is 11.2 Å². The molecule has 0 radical (unpaired) electrons. The van der Waals surface area contributed by atoms with Crippen LogP contribution in [0.2, 0.25) is 0 Å².